The van der Waals surface area contributed by atoms with Crippen LogP contribution in [0.1, 0.15) is 58.3 Å². The van der Waals surface area contributed by atoms with Gasteiger partial charge in [-0.3, -0.25) is 0 Å². The molecule has 0 aromatic carbocycles. The van der Waals surface area contributed by atoms with E-state index in [0.717, 1.165) is 29.8 Å². The smallest absolute Gasteiger partial charge is 0.0101 e. The number of rotatable bonds is 3. The van der Waals surface area contributed by atoms with Gasteiger partial charge in [0.2, 0.25) is 0 Å². The van der Waals surface area contributed by atoms with E-state index in [4.69, 9.17) is 0 Å². The SMILES string of the molecule is CCC1CCC(NC2CC3CCC2C3)C1. The summed E-state index contributed by atoms with van der Waals surface area (Å²) >= 11 is 0. The van der Waals surface area contributed by atoms with Gasteiger partial charge in [0.25, 0.3) is 0 Å². The molecular formula is C14H25N. The van der Waals surface area contributed by atoms with Crippen molar-refractivity contribution in [3.05, 3.63) is 0 Å². The van der Waals surface area contributed by atoms with Crippen molar-refractivity contribution < 1.29 is 0 Å². The van der Waals surface area contributed by atoms with E-state index in [2.05, 4.69) is 12.2 Å². The van der Waals surface area contributed by atoms with Crippen LogP contribution in [0.3, 0.4) is 0 Å². The van der Waals surface area contributed by atoms with Crippen molar-refractivity contribution in [1.82, 2.24) is 5.32 Å². The summed E-state index contributed by atoms with van der Waals surface area (Å²) < 4.78 is 0. The van der Waals surface area contributed by atoms with Crippen LogP contribution in [0.2, 0.25) is 0 Å². The summed E-state index contributed by atoms with van der Waals surface area (Å²) in [5, 5.41) is 3.97. The molecule has 0 aliphatic heterocycles. The fraction of sp³-hybridized carbons (Fsp3) is 1.00. The van der Waals surface area contributed by atoms with Gasteiger partial charge in [-0.05, 0) is 56.3 Å². The molecule has 1 nitrogen and oxygen atoms in total. The molecular weight excluding hydrogens is 182 g/mol. The van der Waals surface area contributed by atoms with Crippen molar-refractivity contribution >= 4 is 0 Å². The molecule has 3 rings (SSSR count). The van der Waals surface area contributed by atoms with Gasteiger partial charge in [0.15, 0.2) is 0 Å². The molecule has 3 fully saturated rings. The Morgan fingerprint density at radius 2 is 1.93 bits per heavy atom. The summed E-state index contributed by atoms with van der Waals surface area (Å²) in [6.45, 7) is 2.35. The van der Waals surface area contributed by atoms with Gasteiger partial charge in [-0.2, -0.15) is 0 Å². The van der Waals surface area contributed by atoms with Crippen molar-refractivity contribution in [2.45, 2.75) is 70.4 Å². The summed E-state index contributed by atoms with van der Waals surface area (Å²) in [4.78, 5) is 0. The van der Waals surface area contributed by atoms with Crippen LogP contribution in [-0.4, -0.2) is 12.1 Å². The number of hydrogen-bond acceptors (Lipinski definition) is 1. The topological polar surface area (TPSA) is 12.0 Å². The Balaban J connectivity index is 1.50. The molecule has 0 radical (unpaired) electrons. The predicted molar refractivity (Wildman–Crippen MR) is 63.8 cm³/mol. The quantitative estimate of drug-likeness (QED) is 0.748. The van der Waals surface area contributed by atoms with Crippen molar-refractivity contribution in [3.63, 3.8) is 0 Å². The van der Waals surface area contributed by atoms with E-state index in [9.17, 15) is 0 Å². The van der Waals surface area contributed by atoms with Crippen LogP contribution in [0, 0.1) is 17.8 Å². The molecule has 0 aromatic rings. The molecule has 3 aliphatic carbocycles. The van der Waals surface area contributed by atoms with Gasteiger partial charge in [-0.25, -0.2) is 0 Å². The summed E-state index contributed by atoms with van der Waals surface area (Å²) in [5.74, 6) is 3.17. The summed E-state index contributed by atoms with van der Waals surface area (Å²) in [5.41, 5.74) is 0. The van der Waals surface area contributed by atoms with E-state index in [1.807, 2.05) is 0 Å². The molecule has 3 saturated carbocycles. The first-order valence-corrected chi connectivity index (χ1v) is 7.11. The van der Waals surface area contributed by atoms with Crippen LogP contribution in [0.5, 0.6) is 0 Å². The zero-order chi connectivity index (χ0) is 10.3. The van der Waals surface area contributed by atoms with Crippen LogP contribution >= 0.6 is 0 Å². The number of hydrogen-bond donors (Lipinski definition) is 1. The third kappa shape index (κ3) is 1.95. The minimum Gasteiger partial charge on any atom is -0.311 e. The maximum Gasteiger partial charge on any atom is 0.0101 e. The monoisotopic (exact) mass is 207 g/mol. The van der Waals surface area contributed by atoms with Gasteiger partial charge in [-0.1, -0.05) is 19.8 Å². The lowest BCUT2D eigenvalue weighted by Crippen LogP contribution is -2.40. The lowest BCUT2D eigenvalue weighted by molar-refractivity contribution is 0.314. The lowest BCUT2D eigenvalue weighted by Gasteiger charge is -2.26. The normalized spacial score (nSPS) is 49.0. The van der Waals surface area contributed by atoms with Crippen LogP contribution < -0.4 is 5.32 Å². The summed E-state index contributed by atoms with van der Waals surface area (Å²) in [6, 6.07) is 1.78. The van der Waals surface area contributed by atoms with E-state index in [-0.39, 0.29) is 0 Å². The molecule has 1 N–H and O–H groups in total. The average Bonchev–Trinajstić information content (AvgIpc) is 2.92. The van der Waals surface area contributed by atoms with E-state index in [1.165, 1.54) is 44.9 Å². The third-order valence-electron chi connectivity index (χ3n) is 5.31. The molecule has 15 heavy (non-hydrogen) atoms. The Morgan fingerprint density at radius 1 is 1.00 bits per heavy atom. The molecule has 1 heteroatoms. The second-order valence-electron chi connectivity index (χ2n) is 6.23. The van der Waals surface area contributed by atoms with Crippen LogP contribution in [-0.2, 0) is 0 Å². The maximum atomic E-state index is 3.97. The summed E-state index contributed by atoms with van der Waals surface area (Å²) in [7, 11) is 0. The Morgan fingerprint density at radius 3 is 2.53 bits per heavy atom. The summed E-state index contributed by atoms with van der Waals surface area (Å²) in [6.07, 6.45) is 11.9. The highest BCUT2D eigenvalue weighted by Gasteiger charge is 2.40. The molecule has 0 heterocycles. The van der Waals surface area contributed by atoms with Gasteiger partial charge in [0, 0.05) is 12.1 Å². The molecule has 0 amide bonds. The van der Waals surface area contributed by atoms with Crippen LogP contribution in [0.15, 0.2) is 0 Å². The van der Waals surface area contributed by atoms with Crippen molar-refractivity contribution in [2.75, 3.05) is 0 Å². The lowest BCUT2D eigenvalue weighted by atomic mass is 9.94. The van der Waals surface area contributed by atoms with Crippen molar-refractivity contribution in [2.24, 2.45) is 17.8 Å². The number of fused-ring (bicyclic) bond motifs is 2. The predicted octanol–water partition coefficient (Wildman–Crippen LogP) is 3.34. The molecule has 3 aliphatic rings. The Kier molecular flexibility index (Phi) is 2.76. The highest BCUT2D eigenvalue weighted by molar-refractivity contribution is 4.96. The van der Waals surface area contributed by atoms with Gasteiger partial charge in [-0.15, -0.1) is 0 Å². The average molecular weight is 207 g/mol. The molecule has 0 spiro atoms. The number of nitrogens with one attached hydrogen (secondary N) is 1. The zero-order valence-electron chi connectivity index (χ0n) is 10.0. The van der Waals surface area contributed by atoms with E-state index >= 15 is 0 Å². The largest absolute Gasteiger partial charge is 0.311 e. The highest BCUT2D eigenvalue weighted by Crippen LogP contribution is 2.45. The van der Waals surface area contributed by atoms with Crippen LogP contribution in [0.4, 0.5) is 0 Å². The van der Waals surface area contributed by atoms with Gasteiger partial charge < -0.3 is 5.32 Å². The van der Waals surface area contributed by atoms with E-state index < -0.39 is 0 Å². The van der Waals surface area contributed by atoms with E-state index in [0.29, 0.717) is 0 Å². The first-order valence-electron chi connectivity index (χ1n) is 7.11. The second-order valence-corrected chi connectivity index (χ2v) is 6.23. The Hall–Kier alpha value is -0.0400. The standard InChI is InChI=1S/C14H25N/c1-2-10-4-6-13(8-10)15-14-9-11-3-5-12(14)7-11/h10-15H,2-9H2,1H3. The van der Waals surface area contributed by atoms with Gasteiger partial charge >= 0.3 is 0 Å². The molecule has 0 aromatic heterocycles. The van der Waals surface area contributed by atoms with Gasteiger partial charge in [0.1, 0.15) is 0 Å². The maximum absolute atomic E-state index is 3.97. The van der Waals surface area contributed by atoms with Crippen LogP contribution in [0.25, 0.3) is 0 Å². The highest BCUT2D eigenvalue weighted by atomic mass is 15.0. The minimum atomic E-state index is 0.874. The molecule has 0 saturated heterocycles. The molecule has 86 valence electrons. The minimum absolute atomic E-state index is 0.874. The second kappa shape index (κ2) is 4.08. The third-order valence-corrected chi connectivity index (χ3v) is 5.31. The molecule has 5 atom stereocenters. The fourth-order valence-corrected chi connectivity index (χ4v) is 4.35. The van der Waals surface area contributed by atoms with Crippen molar-refractivity contribution in [3.8, 4) is 0 Å². The van der Waals surface area contributed by atoms with Gasteiger partial charge in [0.05, 0.1) is 0 Å². The first kappa shape index (κ1) is 10.1. The first-order chi connectivity index (χ1) is 7.35. The zero-order valence-corrected chi connectivity index (χ0v) is 10.0. The molecule has 2 bridgehead atoms. The van der Waals surface area contributed by atoms with E-state index in [1.54, 1.807) is 6.42 Å². The fourth-order valence-electron chi connectivity index (χ4n) is 4.35. The Labute approximate surface area is 94.0 Å². The molecule has 5 unspecified atom stereocenters. The Bertz CT molecular complexity index is 225. The van der Waals surface area contributed by atoms with Crippen molar-refractivity contribution in [1.29, 1.82) is 0 Å².